The van der Waals surface area contributed by atoms with E-state index in [0.29, 0.717) is 39.1 Å². The third-order valence-corrected chi connectivity index (χ3v) is 7.08. The molecule has 1 aromatic carbocycles. The summed E-state index contributed by atoms with van der Waals surface area (Å²) in [6, 6.07) is 7.09. The Hall–Kier alpha value is -1.90. The van der Waals surface area contributed by atoms with Gasteiger partial charge in [0.1, 0.15) is 0 Å². The topological polar surface area (TPSA) is 80.6 Å². The number of piperidine rings is 1. The first-order valence-corrected chi connectivity index (χ1v) is 11.3. The molecular weight excluding hydrogens is 378 g/mol. The molecule has 28 heavy (non-hydrogen) atoms. The highest BCUT2D eigenvalue weighted by molar-refractivity contribution is 7.89. The number of hydrogen-bond acceptors (Lipinski definition) is 4. The molecule has 0 unspecified atom stereocenters. The Labute approximate surface area is 166 Å². The minimum Gasteiger partial charge on any atom is -0.382 e. The minimum atomic E-state index is -3.62. The van der Waals surface area contributed by atoms with E-state index < -0.39 is 10.0 Å². The molecule has 1 saturated heterocycles. The van der Waals surface area contributed by atoms with Crippen molar-refractivity contribution in [1.82, 2.24) is 14.2 Å². The molecule has 0 saturated carbocycles. The van der Waals surface area contributed by atoms with Crippen LogP contribution in [0, 0.1) is 5.92 Å². The molecule has 7 nitrogen and oxygen atoms in total. The number of carbonyl (C=O) groups excluding carboxylic acids is 1. The number of amides is 1. The molecule has 154 valence electrons. The van der Waals surface area contributed by atoms with Crippen molar-refractivity contribution < 1.29 is 17.9 Å². The molecule has 2 heterocycles. The number of aryl methyl sites for hydroxylation is 1. The molecular formula is C20H29N3O4S. The Balaban J connectivity index is 1.65. The first-order valence-electron chi connectivity index (χ1n) is 9.84. The molecule has 1 fully saturated rings. The van der Waals surface area contributed by atoms with Crippen molar-refractivity contribution in [3.8, 4) is 0 Å². The van der Waals surface area contributed by atoms with Gasteiger partial charge in [-0.15, -0.1) is 0 Å². The van der Waals surface area contributed by atoms with E-state index in [1.165, 1.54) is 4.31 Å². The monoisotopic (exact) mass is 407 g/mol. The van der Waals surface area contributed by atoms with Crippen LogP contribution in [0.25, 0.3) is 10.9 Å². The second-order valence-electron chi connectivity index (χ2n) is 7.19. The molecule has 0 aliphatic carbocycles. The van der Waals surface area contributed by atoms with Crippen molar-refractivity contribution in [2.45, 2.75) is 31.1 Å². The van der Waals surface area contributed by atoms with Crippen LogP contribution in [0.5, 0.6) is 0 Å². The standard InChI is InChI=1S/C20H29N3O4S/c1-3-27-13-5-10-21-20(24)17-6-4-11-23(15-17)28(25,26)18-7-8-19-16(14-18)9-12-22(19)2/h7-9,12,14,17H,3-6,10-11,13,15H2,1-2H3,(H,21,24)/t17-/m1/s1. The number of nitrogens with zero attached hydrogens (tertiary/aromatic N) is 2. The number of ether oxygens (including phenoxy) is 1. The van der Waals surface area contributed by atoms with E-state index in [0.717, 1.165) is 17.3 Å². The first kappa shape index (κ1) is 20.8. The Morgan fingerprint density at radius 2 is 2.14 bits per heavy atom. The fourth-order valence-electron chi connectivity index (χ4n) is 3.62. The van der Waals surface area contributed by atoms with Gasteiger partial charge >= 0.3 is 0 Å². The highest BCUT2D eigenvalue weighted by Crippen LogP contribution is 2.26. The predicted octanol–water partition coefficient (Wildman–Crippen LogP) is 2.12. The van der Waals surface area contributed by atoms with Crippen LogP contribution in [0.4, 0.5) is 0 Å². The van der Waals surface area contributed by atoms with Gasteiger partial charge in [-0.25, -0.2) is 8.42 Å². The molecule has 1 aromatic heterocycles. The lowest BCUT2D eigenvalue weighted by atomic mass is 9.99. The lowest BCUT2D eigenvalue weighted by Crippen LogP contribution is -2.45. The second-order valence-corrected chi connectivity index (χ2v) is 9.13. The van der Waals surface area contributed by atoms with Crippen LogP contribution in [-0.2, 0) is 26.6 Å². The maximum Gasteiger partial charge on any atom is 0.243 e. The second kappa shape index (κ2) is 9.07. The zero-order valence-corrected chi connectivity index (χ0v) is 17.4. The summed E-state index contributed by atoms with van der Waals surface area (Å²) in [6.07, 6.45) is 4.06. The number of benzene rings is 1. The van der Waals surface area contributed by atoms with E-state index in [1.807, 2.05) is 36.9 Å². The third kappa shape index (κ3) is 4.56. The van der Waals surface area contributed by atoms with Crippen LogP contribution in [0.15, 0.2) is 35.4 Å². The quantitative estimate of drug-likeness (QED) is 0.680. The normalized spacial score (nSPS) is 18.4. The van der Waals surface area contributed by atoms with Gasteiger partial charge in [0.05, 0.1) is 10.8 Å². The van der Waals surface area contributed by atoms with Gasteiger partial charge < -0.3 is 14.6 Å². The third-order valence-electron chi connectivity index (χ3n) is 5.22. The predicted molar refractivity (Wildman–Crippen MR) is 109 cm³/mol. The highest BCUT2D eigenvalue weighted by atomic mass is 32.2. The van der Waals surface area contributed by atoms with E-state index in [2.05, 4.69) is 5.32 Å². The molecule has 0 bridgehead atoms. The zero-order valence-electron chi connectivity index (χ0n) is 16.6. The van der Waals surface area contributed by atoms with Crippen LogP contribution in [0.2, 0.25) is 0 Å². The molecule has 2 aromatic rings. The fraction of sp³-hybridized carbons (Fsp3) is 0.550. The Kier molecular flexibility index (Phi) is 6.74. The zero-order chi connectivity index (χ0) is 20.1. The number of carbonyl (C=O) groups is 1. The SMILES string of the molecule is CCOCCCNC(=O)[C@@H]1CCCN(S(=O)(=O)c2ccc3c(ccn3C)c2)C1. The number of sulfonamides is 1. The minimum absolute atomic E-state index is 0.0742. The maximum atomic E-state index is 13.1. The van der Waals surface area contributed by atoms with Crippen LogP contribution < -0.4 is 5.32 Å². The summed E-state index contributed by atoms with van der Waals surface area (Å²) in [5, 5.41) is 3.80. The lowest BCUT2D eigenvalue weighted by Gasteiger charge is -2.31. The van der Waals surface area contributed by atoms with Crippen LogP contribution in [0.3, 0.4) is 0 Å². The molecule has 0 radical (unpaired) electrons. The number of nitrogens with one attached hydrogen (secondary N) is 1. The number of rotatable bonds is 8. The molecule has 1 N–H and O–H groups in total. The van der Waals surface area contributed by atoms with Crippen molar-refractivity contribution in [3.05, 3.63) is 30.5 Å². The maximum absolute atomic E-state index is 13.1. The Morgan fingerprint density at radius 3 is 2.93 bits per heavy atom. The van der Waals surface area contributed by atoms with Gasteiger partial charge in [0.25, 0.3) is 0 Å². The van der Waals surface area contributed by atoms with E-state index in [4.69, 9.17) is 4.74 Å². The van der Waals surface area contributed by atoms with Crippen molar-refractivity contribution in [2.75, 3.05) is 32.8 Å². The molecule has 1 aliphatic heterocycles. The van der Waals surface area contributed by atoms with Gasteiger partial charge in [-0.05, 0) is 50.5 Å². The summed E-state index contributed by atoms with van der Waals surface area (Å²) in [4.78, 5) is 12.7. The summed E-state index contributed by atoms with van der Waals surface area (Å²) in [7, 11) is -1.69. The molecule has 3 rings (SSSR count). The average Bonchev–Trinajstić information content (AvgIpc) is 3.08. The number of fused-ring (bicyclic) bond motifs is 1. The molecule has 1 atom stereocenters. The fourth-order valence-corrected chi connectivity index (χ4v) is 5.18. The van der Waals surface area contributed by atoms with E-state index in [1.54, 1.807) is 12.1 Å². The summed E-state index contributed by atoms with van der Waals surface area (Å²) in [6.45, 7) is 4.44. The molecule has 8 heteroatoms. The van der Waals surface area contributed by atoms with Gasteiger partial charge in [-0.1, -0.05) is 0 Å². The van der Waals surface area contributed by atoms with Crippen LogP contribution in [0.1, 0.15) is 26.2 Å². The van der Waals surface area contributed by atoms with Crippen molar-refractivity contribution in [3.63, 3.8) is 0 Å². The molecule has 0 spiro atoms. The summed E-state index contributed by atoms with van der Waals surface area (Å²) in [5.41, 5.74) is 0.988. The number of aromatic nitrogens is 1. The lowest BCUT2D eigenvalue weighted by molar-refractivity contribution is -0.126. The highest BCUT2D eigenvalue weighted by Gasteiger charge is 2.33. The smallest absolute Gasteiger partial charge is 0.243 e. The Bertz CT molecular complexity index is 923. The number of hydrogen-bond donors (Lipinski definition) is 1. The van der Waals surface area contributed by atoms with E-state index in [-0.39, 0.29) is 23.3 Å². The van der Waals surface area contributed by atoms with Crippen LogP contribution >= 0.6 is 0 Å². The first-order chi connectivity index (χ1) is 13.4. The molecule has 1 amide bonds. The van der Waals surface area contributed by atoms with Gasteiger partial charge in [-0.3, -0.25) is 4.79 Å². The van der Waals surface area contributed by atoms with Gasteiger partial charge in [0.15, 0.2) is 0 Å². The van der Waals surface area contributed by atoms with Gasteiger partial charge in [0, 0.05) is 57.0 Å². The van der Waals surface area contributed by atoms with Gasteiger partial charge in [-0.2, -0.15) is 4.31 Å². The van der Waals surface area contributed by atoms with E-state index in [9.17, 15) is 13.2 Å². The summed E-state index contributed by atoms with van der Waals surface area (Å²) < 4.78 is 34.9. The van der Waals surface area contributed by atoms with E-state index >= 15 is 0 Å². The van der Waals surface area contributed by atoms with Crippen LogP contribution in [-0.4, -0.2) is 56.0 Å². The van der Waals surface area contributed by atoms with Crippen molar-refractivity contribution >= 4 is 26.8 Å². The van der Waals surface area contributed by atoms with Gasteiger partial charge in [0.2, 0.25) is 15.9 Å². The summed E-state index contributed by atoms with van der Waals surface area (Å²) in [5.74, 6) is -0.383. The van der Waals surface area contributed by atoms with Crippen molar-refractivity contribution in [2.24, 2.45) is 13.0 Å². The molecule has 1 aliphatic rings. The van der Waals surface area contributed by atoms with Crippen molar-refractivity contribution in [1.29, 1.82) is 0 Å². The average molecular weight is 408 g/mol. The summed E-state index contributed by atoms with van der Waals surface area (Å²) >= 11 is 0. The largest absolute Gasteiger partial charge is 0.382 e. The Morgan fingerprint density at radius 1 is 1.32 bits per heavy atom.